The van der Waals surface area contributed by atoms with Crippen molar-refractivity contribution in [2.24, 2.45) is 0 Å². The zero-order valence-corrected chi connectivity index (χ0v) is 22.9. The number of amides is 3. The Morgan fingerprint density at radius 3 is 2.69 bits per heavy atom. The highest BCUT2D eigenvalue weighted by atomic mass is 127. The average Bonchev–Trinajstić information content (AvgIpc) is 3.13. The molecule has 0 aliphatic carbocycles. The first-order valence-corrected chi connectivity index (χ1v) is 13.3. The van der Waals surface area contributed by atoms with Gasteiger partial charge in [-0.15, -0.1) is 0 Å². The maximum Gasteiger partial charge on any atom is 0.294 e. The fraction of sp³-hybridized carbons (Fsp3) is 0.320. The summed E-state index contributed by atoms with van der Waals surface area (Å²) in [7, 11) is 1.54. The number of hydrogen-bond acceptors (Lipinski definition) is 8. The summed E-state index contributed by atoms with van der Waals surface area (Å²) in [5, 5.41) is 2.36. The van der Waals surface area contributed by atoms with Crippen molar-refractivity contribution in [3.8, 4) is 11.5 Å². The molecule has 2 aromatic rings. The maximum absolute atomic E-state index is 13.0. The van der Waals surface area contributed by atoms with Crippen molar-refractivity contribution in [1.82, 2.24) is 4.90 Å². The van der Waals surface area contributed by atoms with Crippen molar-refractivity contribution in [2.45, 2.75) is 6.92 Å². The van der Waals surface area contributed by atoms with Crippen LogP contribution < -0.4 is 19.7 Å². The molecule has 2 heterocycles. The Morgan fingerprint density at radius 1 is 1.22 bits per heavy atom. The number of thioether (sulfide) groups is 1. The number of hydrogen-bond donors (Lipinski definition) is 1. The molecule has 0 unspecified atom stereocenters. The third-order valence-electron chi connectivity index (χ3n) is 5.54. The predicted octanol–water partition coefficient (Wildman–Crippen LogP) is 4.21. The van der Waals surface area contributed by atoms with Crippen LogP contribution in [0.4, 0.5) is 16.2 Å². The zero-order chi connectivity index (χ0) is 25.7. The second-order valence-electron chi connectivity index (χ2n) is 7.90. The Labute approximate surface area is 227 Å². The number of imide groups is 1. The van der Waals surface area contributed by atoms with E-state index in [0.29, 0.717) is 42.6 Å². The number of methoxy groups -OCH3 is 1. The van der Waals surface area contributed by atoms with E-state index in [1.165, 1.54) is 0 Å². The molecule has 36 heavy (non-hydrogen) atoms. The van der Waals surface area contributed by atoms with Crippen molar-refractivity contribution in [3.63, 3.8) is 0 Å². The number of benzene rings is 2. The van der Waals surface area contributed by atoms with Crippen LogP contribution in [0.3, 0.4) is 0 Å². The van der Waals surface area contributed by atoms with Gasteiger partial charge in [0.25, 0.3) is 11.1 Å². The molecule has 3 amide bonds. The number of nitrogens with zero attached hydrogens (tertiary/aromatic N) is 2. The summed E-state index contributed by atoms with van der Waals surface area (Å²) in [6.07, 6.45) is 1.62. The molecule has 0 bridgehead atoms. The van der Waals surface area contributed by atoms with E-state index in [4.69, 9.17) is 14.2 Å². The number of carbonyl (C=O) groups excluding carboxylic acids is 3. The van der Waals surface area contributed by atoms with Gasteiger partial charge in [-0.1, -0.05) is 12.1 Å². The molecule has 2 aliphatic rings. The highest BCUT2D eigenvalue weighted by Gasteiger charge is 2.36. The van der Waals surface area contributed by atoms with E-state index >= 15 is 0 Å². The smallest absolute Gasteiger partial charge is 0.294 e. The van der Waals surface area contributed by atoms with Gasteiger partial charge in [-0.25, -0.2) is 0 Å². The fourth-order valence-corrected chi connectivity index (χ4v) is 5.51. The number of morpholine rings is 1. The molecule has 0 aromatic heterocycles. The highest BCUT2D eigenvalue weighted by molar-refractivity contribution is 14.1. The van der Waals surface area contributed by atoms with E-state index in [1.54, 1.807) is 25.3 Å². The maximum atomic E-state index is 13.0. The molecule has 190 valence electrons. The summed E-state index contributed by atoms with van der Waals surface area (Å²) in [5.41, 5.74) is 2.19. The molecule has 0 spiro atoms. The van der Waals surface area contributed by atoms with Crippen LogP contribution >= 0.6 is 34.4 Å². The summed E-state index contributed by atoms with van der Waals surface area (Å²) in [5.74, 6) is 0.202. The minimum absolute atomic E-state index is 0.239. The Bertz CT molecular complexity index is 1200. The van der Waals surface area contributed by atoms with Crippen molar-refractivity contribution in [3.05, 3.63) is 50.4 Å². The number of nitrogens with one attached hydrogen (secondary N) is 1. The number of halogens is 1. The third-order valence-corrected chi connectivity index (χ3v) is 7.25. The van der Waals surface area contributed by atoms with Gasteiger partial charge in [0, 0.05) is 13.1 Å². The monoisotopic (exact) mass is 623 g/mol. The lowest BCUT2D eigenvalue weighted by atomic mass is 10.2. The Balaban J connectivity index is 1.47. The van der Waals surface area contributed by atoms with Crippen LogP contribution in [-0.2, 0) is 14.3 Å². The molecule has 0 saturated carbocycles. The van der Waals surface area contributed by atoms with Crippen LogP contribution in [0.5, 0.6) is 11.5 Å². The Kier molecular flexibility index (Phi) is 8.75. The zero-order valence-electron chi connectivity index (χ0n) is 19.9. The van der Waals surface area contributed by atoms with Gasteiger partial charge in [0.1, 0.15) is 6.54 Å². The summed E-state index contributed by atoms with van der Waals surface area (Å²) in [6.45, 7) is 4.67. The predicted molar refractivity (Wildman–Crippen MR) is 148 cm³/mol. The van der Waals surface area contributed by atoms with Gasteiger partial charge in [0.05, 0.1) is 46.8 Å². The Hall–Kier alpha value is -2.77. The van der Waals surface area contributed by atoms with Gasteiger partial charge in [-0.2, -0.15) is 0 Å². The van der Waals surface area contributed by atoms with Crippen LogP contribution in [-0.4, -0.2) is 68.5 Å². The van der Waals surface area contributed by atoms with Crippen LogP contribution in [0, 0.1) is 3.57 Å². The van der Waals surface area contributed by atoms with E-state index in [9.17, 15) is 14.4 Å². The van der Waals surface area contributed by atoms with Crippen molar-refractivity contribution >= 4 is 68.9 Å². The SMILES string of the molecule is CCOc1c(I)cc(/C=C2/SC(=O)N(CC(=O)Nc3ccccc3N3CCOCC3)C2=O)cc1OC. The van der Waals surface area contributed by atoms with E-state index in [-0.39, 0.29) is 11.4 Å². The van der Waals surface area contributed by atoms with Crippen LogP contribution in [0.25, 0.3) is 6.08 Å². The topological polar surface area (TPSA) is 97.4 Å². The van der Waals surface area contributed by atoms with Gasteiger partial charge in [0.15, 0.2) is 11.5 Å². The Morgan fingerprint density at radius 2 is 1.97 bits per heavy atom. The summed E-state index contributed by atoms with van der Waals surface area (Å²) in [6, 6.07) is 11.1. The number of anilines is 2. The average molecular weight is 623 g/mol. The number of carbonyl (C=O) groups is 3. The number of ether oxygens (including phenoxy) is 3. The van der Waals surface area contributed by atoms with Gasteiger partial charge in [-0.05, 0) is 77.2 Å². The second-order valence-corrected chi connectivity index (χ2v) is 10.1. The van der Waals surface area contributed by atoms with Gasteiger partial charge in [-0.3, -0.25) is 19.3 Å². The van der Waals surface area contributed by atoms with Gasteiger partial charge in [0.2, 0.25) is 5.91 Å². The number of rotatable bonds is 8. The van der Waals surface area contributed by atoms with Crippen molar-refractivity contribution in [1.29, 1.82) is 0 Å². The fourth-order valence-electron chi connectivity index (χ4n) is 3.89. The summed E-state index contributed by atoms with van der Waals surface area (Å²) >= 11 is 2.94. The molecule has 9 nitrogen and oxygen atoms in total. The molecule has 2 aliphatic heterocycles. The molecule has 2 aromatic carbocycles. The summed E-state index contributed by atoms with van der Waals surface area (Å²) in [4.78, 5) is 41.7. The standard InChI is InChI=1S/C25H26IN3O6S/c1-3-35-23-17(26)12-16(13-20(23)33-2)14-21-24(31)29(25(32)36-21)15-22(30)27-18-6-4-5-7-19(18)28-8-10-34-11-9-28/h4-7,12-14H,3,8-11,15H2,1-2H3,(H,27,30)/b21-14+. The molecule has 1 N–H and O–H groups in total. The van der Waals surface area contributed by atoms with Crippen molar-refractivity contribution in [2.75, 3.05) is 56.8 Å². The minimum Gasteiger partial charge on any atom is -0.493 e. The summed E-state index contributed by atoms with van der Waals surface area (Å²) < 4.78 is 17.3. The molecular weight excluding hydrogens is 597 g/mol. The second kappa shape index (κ2) is 12.0. The van der Waals surface area contributed by atoms with E-state index in [2.05, 4.69) is 32.8 Å². The lowest BCUT2D eigenvalue weighted by Gasteiger charge is -2.30. The molecule has 0 radical (unpaired) electrons. The first-order valence-electron chi connectivity index (χ1n) is 11.4. The van der Waals surface area contributed by atoms with E-state index in [0.717, 1.165) is 39.0 Å². The normalized spacial score (nSPS) is 17.0. The molecule has 4 rings (SSSR count). The van der Waals surface area contributed by atoms with E-state index < -0.39 is 17.1 Å². The minimum atomic E-state index is -0.510. The molecule has 0 atom stereocenters. The quantitative estimate of drug-likeness (QED) is 0.345. The lowest BCUT2D eigenvalue weighted by molar-refractivity contribution is -0.127. The number of para-hydroxylation sites is 2. The van der Waals surface area contributed by atoms with Crippen LogP contribution in [0.2, 0.25) is 0 Å². The largest absolute Gasteiger partial charge is 0.493 e. The van der Waals surface area contributed by atoms with Gasteiger partial charge >= 0.3 is 0 Å². The van der Waals surface area contributed by atoms with Crippen molar-refractivity contribution < 1.29 is 28.6 Å². The first kappa shape index (κ1) is 26.3. The molecular formula is C25H26IN3O6S. The van der Waals surface area contributed by atoms with E-state index in [1.807, 2.05) is 31.2 Å². The third kappa shape index (κ3) is 5.95. The highest BCUT2D eigenvalue weighted by Crippen LogP contribution is 2.37. The van der Waals surface area contributed by atoms with Gasteiger partial charge < -0.3 is 24.4 Å². The lowest BCUT2D eigenvalue weighted by Crippen LogP contribution is -2.38. The van der Waals surface area contributed by atoms with Crippen LogP contribution in [0.1, 0.15) is 12.5 Å². The van der Waals surface area contributed by atoms with Crippen LogP contribution in [0.15, 0.2) is 41.3 Å². The molecule has 11 heteroatoms. The molecule has 2 saturated heterocycles. The first-order chi connectivity index (χ1) is 17.4. The molecule has 2 fully saturated rings.